The topological polar surface area (TPSA) is 79.5 Å². The van der Waals surface area contributed by atoms with Crippen LogP contribution in [0, 0.1) is 6.92 Å². The van der Waals surface area contributed by atoms with E-state index in [1.807, 2.05) is 13.0 Å². The third kappa shape index (κ3) is 4.29. The molecule has 1 fully saturated rings. The molecule has 1 aliphatic carbocycles. The molecule has 2 aromatic rings. The number of carbonyl (C=O) groups is 2. The summed E-state index contributed by atoms with van der Waals surface area (Å²) in [6.07, 6.45) is 5.93. The minimum Gasteiger partial charge on any atom is -0.481 e. The van der Waals surface area contributed by atoms with Crippen LogP contribution in [0.3, 0.4) is 0 Å². The molecule has 1 amide bonds. The Balaban J connectivity index is 1.68. The second kappa shape index (κ2) is 7.55. The van der Waals surface area contributed by atoms with Crippen molar-refractivity contribution in [3.63, 3.8) is 0 Å². The van der Waals surface area contributed by atoms with E-state index in [2.05, 4.69) is 5.32 Å². The molecule has 0 saturated heterocycles. The highest BCUT2D eigenvalue weighted by molar-refractivity contribution is 6.05. The summed E-state index contributed by atoms with van der Waals surface area (Å²) < 4.78 is 5.85. The van der Waals surface area contributed by atoms with Crippen LogP contribution < -0.4 is 5.32 Å². The number of aliphatic carboxylic acids is 1. The highest BCUT2D eigenvalue weighted by atomic mass is 16.4. The van der Waals surface area contributed by atoms with Gasteiger partial charge in [-0.25, -0.2) is 0 Å². The van der Waals surface area contributed by atoms with Crippen molar-refractivity contribution in [1.82, 2.24) is 0 Å². The summed E-state index contributed by atoms with van der Waals surface area (Å²) in [5, 5.41) is 11.6. The van der Waals surface area contributed by atoms with Crippen molar-refractivity contribution in [3.8, 4) is 0 Å². The molecule has 5 nitrogen and oxygen atoms in total. The predicted octanol–water partition coefficient (Wildman–Crippen LogP) is 4.52. The van der Waals surface area contributed by atoms with Gasteiger partial charge in [0.15, 0.2) is 0 Å². The van der Waals surface area contributed by atoms with Gasteiger partial charge in [0.05, 0.1) is 12.0 Å². The fraction of sp³-hybridized carbons (Fsp3) is 0.400. The second-order valence-corrected chi connectivity index (χ2v) is 6.68. The van der Waals surface area contributed by atoms with Crippen LogP contribution in [0.4, 0.5) is 5.69 Å². The summed E-state index contributed by atoms with van der Waals surface area (Å²) in [6, 6.07) is 8.72. The lowest BCUT2D eigenvalue weighted by atomic mass is 9.87. The molecule has 25 heavy (non-hydrogen) atoms. The van der Waals surface area contributed by atoms with Crippen LogP contribution in [0.15, 0.2) is 34.7 Å². The number of benzene rings is 1. The number of hydrogen-bond donors (Lipinski definition) is 2. The Morgan fingerprint density at radius 2 is 1.84 bits per heavy atom. The Bertz CT molecular complexity index is 755. The normalized spacial score (nSPS) is 15.1. The first-order valence-corrected chi connectivity index (χ1v) is 8.75. The molecular formula is C20H23NO4. The molecule has 0 aliphatic heterocycles. The van der Waals surface area contributed by atoms with Gasteiger partial charge in [-0.1, -0.05) is 31.4 Å². The quantitative estimate of drug-likeness (QED) is 0.838. The zero-order chi connectivity index (χ0) is 17.8. The van der Waals surface area contributed by atoms with E-state index in [1.165, 1.54) is 19.3 Å². The number of furan rings is 1. The Kier molecular flexibility index (Phi) is 5.22. The molecule has 5 heteroatoms. The lowest BCUT2D eigenvalue weighted by Crippen LogP contribution is -2.12. The maximum atomic E-state index is 12.5. The molecule has 0 bridgehead atoms. The van der Waals surface area contributed by atoms with E-state index in [1.54, 1.807) is 24.3 Å². The van der Waals surface area contributed by atoms with Gasteiger partial charge >= 0.3 is 5.97 Å². The van der Waals surface area contributed by atoms with Crippen molar-refractivity contribution in [3.05, 3.63) is 53.0 Å². The molecule has 1 aliphatic rings. The van der Waals surface area contributed by atoms with Crippen molar-refractivity contribution in [2.24, 2.45) is 0 Å². The number of hydrogen-bond acceptors (Lipinski definition) is 3. The first kappa shape index (κ1) is 17.3. The van der Waals surface area contributed by atoms with E-state index in [-0.39, 0.29) is 12.3 Å². The maximum absolute atomic E-state index is 12.5. The summed E-state index contributed by atoms with van der Waals surface area (Å²) in [7, 11) is 0. The van der Waals surface area contributed by atoms with Gasteiger partial charge in [0, 0.05) is 11.6 Å². The molecule has 0 spiro atoms. The number of carbonyl (C=O) groups excluding carboxylic acids is 1. The Labute approximate surface area is 147 Å². The number of amides is 1. The number of anilines is 1. The summed E-state index contributed by atoms with van der Waals surface area (Å²) in [6.45, 7) is 1.82. The van der Waals surface area contributed by atoms with Crippen molar-refractivity contribution >= 4 is 17.6 Å². The molecule has 1 aromatic heterocycles. The van der Waals surface area contributed by atoms with Crippen molar-refractivity contribution in [1.29, 1.82) is 0 Å². The summed E-state index contributed by atoms with van der Waals surface area (Å²) in [5.74, 6) is 0.902. The molecule has 3 rings (SSSR count). The van der Waals surface area contributed by atoms with E-state index < -0.39 is 5.97 Å². The molecule has 1 aromatic carbocycles. The zero-order valence-electron chi connectivity index (χ0n) is 14.4. The summed E-state index contributed by atoms with van der Waals surface area (Å²) >= 11 is 0. The summed E-state index contributed by atoms with van der Waals surface area (Å²) in [5.41, 5.74) is 1.90. The average molecular weight is 341 g/mol. The molecule has 0 radical (unpaired) electrons. The number of carboxylic acid groups (broad SMARTS) is 1. The molecular weight excluding hydrogens is 318 g/mol. The van der Waals surface area contributed by atoms with E-state index >= 15 is 0 Å². The minimum atomic E-state index is -0.874. The lowest BCUT2D eigenvalue weighted by molar-refractivity contribution is -0.136. The number of rotatable bonds is 5. The van der Waals surface area contributed by atoms with Crippen LogP contribution in [0.2, 0.25) is 0 Å². The smallest absolute Gasteiger partial charge is 0.307 e. The predicted molar refractivity (Wildman–Crippen MR) is 95.0 cm³/mol. The van der Waals surface area contributed by atoms with Gasteiger partial charge in [-0.15, -0.1) is 0 Å². The second-order valence-electron chi connectivity index (χ2n) is 6.68. The first-order chi connectivity index (χ1) is 12.0. The van der Waals surface area contributed by atoms with Crippen LogP contribution in [-0.4, -0.2) is 17.0 Å². The van der Waals surface area contributed by atoms with E-state index in [4.69, 9.17) is 9.52 Å². The van der Waals surface area contributed by atoms with Gasteiger partial charge in [-0.3, -0.25) is 9.59 Å². The van der Waals surface area contributed by atoms with E-state index in [0.717, 1.165) is 18.6 Å². The van der Waals surface area contributed by atoms with Crippen LogP contribution in [-0.2, 0) is 11.2 Å². The lowest BCUT2D eigenvalue weighted by Gasteiger charge is -2.18. The van der Waals surface area contributed by atoms with Crippen LogP contribution in [0.1, 0.15) is 65.5 Å². The molecule has 0 unspecified atom stereocenters. The maximum Gasteiger partial charge on any atom is 0.307 e. The van der Waals surface area contributed by atoms with Crippen LogP contribution in [0.25, 0.3) is 0 Å². The van der Waals surface area contributed by atoms with Gasteiger partial charge < -0.3 is 14.8 Å². The monoisotopic (exact) mass is 341 g/mol. The van der Waals surface area contributed by atoms with Gasteiger partial charge in [0.25, 0.3) is 5.91 Å². The largest absolute Gasteiger partial charge is 0.481 e. The molecule has 132 valence electrons. The van der Waals surface area contributed by atoms with E-state index in [0.29, 0.717) is 28.5 Å². The van der Waals surface area contributed by atoms with Gasteiger partial charge in [0.1, 0.15) is 11.5 Å². The van der Waals surface area contributed by atoms with Crippen LogP contribution in [0.5, 0.6) is 0 Å². The first-order valence-electron chi connectivity index (χ1n) is 8.75. The Hall–Kier alpha value is -2.56. The fourth-order valence-corrected chi connectivity index (χ4v) is 3.40. The number of nitrogens with one attached hydrogen (secondary N) is 1. The van der Waals surface area contributed by atoms with Gasteiger partial charge in [0.2, 0.25) is 0 Å². The van der Waals surface area contributed by atoms with Crippen LogP contribution >= 0.6 is 0 Å². The third-order valence-electron chi connectivity index (χ3n) is 4.76. The highest BCUT2D eigenvalue weighted by Gasteiger charge is 2.22. The SMILES string of the molecule is Cc1oc(C2CCCCC2)cc1C(=O)Nc1ccc(CC(=O)O)cc1. The van der Waals surface area contributed by atoms with Crippen molar-refractivity contribution in [2.45, 2.75) is 51.4 Å². The van der Waals surface area contributed by atoms with Gasteiger partial charge in [-0.2, -0.15) is 0 Å². The highest BCUT2D eigenvalue weighted by Crippen LogP contribution is 2.34. The Morgan fingerprint density at radius 3 is 2.48 bits per heavy atom. The fourth-order valence-electron chi connectivity index (χ4n) is 3.40. The Morgan fingerprint density at radius 1 is 1.16 bits per heavy atom. The number of carboxylic acids is 1. The van der Waals surface area contributed by atoms with Crippen molar-refractivity contribution in [2.75, 3.05) is 5.32 Å². The number of aryl methyl sites for hydroxylation is 1. The van der Waals surface area contributed by atoms with Gasteiger partial charge in [-0.05, 0) is 43.5 Å². The molecule has 0 atom stereocenters. The minimum absolute atomic E-state index is 0.0280. The third-order valence-corrected chi connectivity index (χ3v) is 4.76. The molecule has 1 saturated carbocycles. The molecule has 2 N–H and O–H groups in total. The van der Waals surface area contributed by atoms with Crippen molar-refractivity contribution < 1.29 is 19.1 Å². The molecule has 1 heterocycles. The summed E-state index contributed by atoms with van der Waals surface area (Å²) in [4.78, 5) is 23.2. The standard InChI is InChI=1S/C20H23NO4/c1-13-17(12-18(25-13)15-5-3-2-4-6-15)20(24)21-16-9-7-14(8-10-16)11-19(22)23/h7-10,12,15H,2-6,11H2,1H3,(H,21,24)(H,22,23). The van der Waals surface area contributed by atoms with E-state index in [9.17, 15) is 9.59 Å². The average Bonchev–Trinajstić information content (AvgIpc) is 2.99. The zero-order valence-corrected chi connectivity index (χ0v) is 14.4.